The van der Waals surface area contributed by atoms with E-state index in [0.29, 0.717) is 5.69 Å². The van der Waals surface area contributed by atoms with Gasteiger partial charge in [-0.25, -0.2) is 0 Å². The SMILES string of the molecule is Cc1cc2o[c-]c(N)c2c(C)n1.[CH3-].[Y]. The summed E-state index contributed by atoms with van der Waals surface area (Å²) in [6, 6.07) is 1.86. The third-order valence-electron chi connectivity index (χ3n) is 1.83. The van der Waals surface area contributed by atoms with Gasteiger partial charge in [0.05, 0.1) is 0 Å². The fourth-order valence-corrected chi connectivity index (χ4v) is 1.36. The predicted molar refractivity (Wildman–Crippen MR) is 53.1 cm³/mol. The number of nitrogens with two attached hydrogens (primary N) is 1. The van der Waals surface area contributed by atoms with E-state index in [2.05, 4.69) is 11.2 Å². The first-order valence-electron chi connectivity index (χ1n) is 3.72. The maximum absolute atomic E-state index is 5.64. The van der Waals surface area contributed by atoms with Gasteiger partial charge in [0.1, 0.15) is 0 Å². The minimum absolute atomic E-state index is 0. The normalized spacial score (nSPS) is 9.29. The van der Waals surface area contributed by atoms with E-state index in [9.17, 15) is 0 Å². The first-order valence-corrected chi connectivity index (χ1v) is 3.72. The number of anilines is 1. The Hall–Kier alpha value is -0.406. The Bertz CT molecular complexity index is 437. The molecule has 3 nitrogen and oxygen atoms in total. The van der Waals surface area contributed by atoms with Crippen LogP contribution in [0.1, 0.15) is 11.4 Å². The van der Waals surface area contributed by atoms with Crippen LogP contribution in [0.15, 0.2) is 10.5 Å². The zero-order valence-corrected chi connectivity index (χ0v) is 11.4. The average Bonchev–Trinajstić information content (AvgIpc) is 2.31. The molecule has 0 saturated carbocycles. The van der Waals surface area contributed by atoms with Crippen LogP contribution in [0, 0.1) is 27.5 Å². The van der Waals surface area contributed by atoms with Crippen molar-refractivity contribution in [3.63, 3.8) is 0 Å². The summed E-state index contributed by atoms with van der Waals surface area (Å²) in [6.45, 7) is 3.83. The molecule has 0 unspecified atom stereocenters. The second-order valence-electron chi connectivity index (χ2n) is 2.84. The molecule has 0 atom stereocenters. The third-order valence-corrected chi connectivity index (χ3v) is 1.83. The maximum Gasteiger partial charge on any atom is 0.0267 e. The molecule has 14 heavy (non-hydrogen) atoms. The third kappa shape index (κ3) is 2.15. The quantitative estimate of drug-likeness (QED) is 0.743. The van der Waals surface area contributed by atoms with E-state index < -0.39 is 0 Å². The Labute approximate surface area is 109 Å². The number of aromatic nitrogens is 1. The first-order chi connectivity index (χ1) is 5.68. The Balaban J connectivity index is 0.000000845. The van der Waals surface area contributed by atoms with Crippen molar-refractivity contribution in [2.45, 2.75) is 13.8 Å². The summed E-state index contributed by atoms with van der Waals surface area (Å²) >= 11 is 0. The van der Waals surface area contributed by atoms with Gasteiger partial charge in [-0.1, -0.05) is 11.5 Å². The van der Waals surface area contributed by atoms with E-state index in [1.807, 2.05) is 19.9 Å². The molecule has 4 heteroatoms. The molecule has 2 N–H and O–H groups in total. The number of fused-ring (bicyclic) bond motifs is 1. The minimum Gasteiger partial charge on any atom is -0.589 e. The summed E-state index contributed by atoms with van der Waals surface area (Å²) in [5.74, 6) is 0. The van der Waals surface area contributed by atoms with Crippen LogP contribution in [0.4, 0.5) is 5.69 Å². The van der Waals surface area contributed by atoms with Crippen molar-refractivity contribution < 1.29 is 37.1 Å². The number of nitrogens with zero attached hydrogens (tertiary/aromatic N) is 1. The van der Waals surface area contributed by atoms with E-state index in [1.54, 1.807) is 0 Å². The van der Waals surface area contributed by atoms with Crippen LogP contribution in [0.3, 0.4) is 0 Å². The average molecular weight is 265 g/mol. The van der Waals surface area contributed by atoms with Gasteiger partial charge >= 0.3 is 0 Å². The molecule has 0 aromatic carbocycles. The second kappa shape index (κ2) is 4.90. The molecule has 0 saturated heterocycles. The number of hydrogen-bond donors (Lipinski definition) is 1. The van der Waals surface area contributed by atoms with Gasteiger partial charge in [-0.2, -0.15) is 0 Å². The summed E-state index contributed by atoms with van der Waals surface area (Å²) in [5.41, 5.74) is 8.77. The van der Waals surface area contributed by atoms with E-state index in [1.165, 1.54) is 0 Å². The summed E-state index contributed by atoms with van der Waals surface area (Å²) in [6.07, 6.45) is 2.61. The number of nitrogen functional groups attached to an aromatic ring is 1. The summed E-state index contributed by atoms with van der Waals surface area (Å²) in [5, 5.41) is 0.876. The van der Waals surface area contributed by atoms with Crippen molar-refractivity contribution in [2.75, 3.05) is 5.73 Å². The van der Waals surface area contributed by atoms with Crippen molar-refractivity contribution in [1.29, 1.82) is 0 Å². The molecule has 0 bridgehead atoms. The van der Waals surface area contributed by atoms with Crippen LogP contribution in [0.2, 0.25) is 0 Å². The standard InChI is InChI=1S/C9H9N2O.CH3.Y/c1-5-3-8-9(6(2)11-5)7(10)4-12-8;;/h3H,10H2,1-2H3;1H3;/q2*-1;. The fraction of sp³-hybridized carbons (Fsp3) is 0.200. The molecule has 2 aromatic rings. The van der Waals surface area contributed by atoms with Crippen LogP contribution < -0.4 is 5.73 Å². The predicted octanol–water partition coefficient (Wildman–Crippen LogP) is 2.27. The van der Waals surface area contributed by atoms with E-state index >= 15 is 0 Å². The topological polar surface area (TPSA) is 52.0 Å². The Kier molecular flexibility index (Phi) is 4.75. The molecule has 2 rings (SSSR count). The molecule has 0 spiro atoms. The molecule has 2 heterocycles. The van der Waals surface area contributed by atoms with Gasteiger partial charge in [0.15, 0.2) is 0 Å². The molecule has 2 aromatic heterocycles. The number of aryl methyl sites for hydroxylation is 2. The Morgan fingerprint density at radius 2 is 2.07 bits per heavy atom. The van der Waals surface area contributed by atoms with Gasteiger partial charge in [-0.05, 0) is 30.8 Å². The summed E-state index contributed by atoms with van der Waals surface area (Å²) < 4.78 is 5.12. The zero-order chi connectivity index (χ0) is 8.72. The van der Waals surface area contributed by atoms with Crippen LogP contribution in [-0.4, -0.2) is 4.98 Å². The van der Waals surface area contributed by atoms with Crippen LogP contribution in [-0.2, 0) is 32.7 Å². The zero-order valence-electron chi connectivity index (χ0n) is 8.59. The Morgan fingerprint density at radius 1 is 1.43 bits per heavy atom. The van der Waals surface area contributed by atoms with Crippen molar-refractivity contribution in [3.05, 3.63) is 31.1 Å². The molecular weight excluding hydrogens is 253 g/mol. The smallest absolute Gasteiger partial charge is 0.0267 e. The molecule has 1 radical (unpaired) electrons. The molecule has 73 valence electrons. The van der Waals surface area contributed by atoms with Gasteiger partial charge in [-0.15, -0.1) is 0 Å². The van der Waals surface area contributed by atoms with Crippen molar-refractivity contribution in [2.24, 2.45) is 0 Å². The Morgan fingerprint density at radius 3 is 2.71 bits per heavy atom. The molecule has 0 aliphatic carbocycles. The molecular formula is C10H12N2OY-2. The van der Waals surface area contributed by atoms with Gasteiger partial charge in [-0.3, -0.25) is 4.98 Å². The molecule has 0 aliphatic rings. The number of pyridine rings is 1. The van der Waals surface area contributed by atoms with Gasteiger partial charge in [0, 0.05) is 44.7 Å². The van der Waals surface area contributed by atoms with E-state index in [4.69, 9.17) is 10.2 Å². The van der Waals surface area contributed by atoms with Gasteiger partial charge in [0.25, 0.3) is 0 Å². The van der Waals surface area contributed by atoms with E-state index in [-0.39, 0.29) is 40.1 Å². The second-order valence-corrected chi connectivity index (χ2v) is 2.84. The number of hydrogen-bond acceptors (Lipinski definition) is 3. The first kappa shape index (κ1) is 13.6. The summed E-state index contributed by atoms with van der Waals surface area (Å²) in [7, 11) is 0. The number of furan rings is 1. The molecule has 0 amide bonds. The van der Waals surface area contributed by atoms with Crippen LogP contribution in [0.25, 0.3) is 11.0 Å². The minimum atomic E-state index is 0. The van der Waals surface area contributed by atoms with Gasteiger partial charge < -0.3 is 17.6 Å². The van der Waals surface area contributed by atoms with Crippen molar-refractivity contribution in [1.82, 2.24) is 4.98 Å². The largest absolute Gasteiger partial charge is 0.589 e. The van der Waals surface area contributed by atoms with Crippen molar-refractivity contribution >= 4 is 16.7 Å². The maximum atomic E-state index is 5.64. The molecule has 0 aliphatic heterocycles. The van der Waals surface area contributed by atoms with Crippen molar-refractivity contribution in [3.8, 4) is 0 Å². The monoisotopic (exact) mass is 265 g/mol. The number of rotatable bonds is 0. The van der Waals surface area contributed by atoms with Crippen LogP contribution >= 0.6 is 0 Å². The van der Waals surface area contributed by atoms with Gasteiger partial charge in [0.2, 0.25) is 0 Å². The van der Waals surface area contributed by atoms with E-state index in [0.717, 1.165) is 22.4 Å². The summed E-state index contributed by atoms with van der Waals surface area (Å²) in [4.78, 5) is 4.27. The fourth-order valence-electron chi connectivity index (χ4n) is 1.36. The molecule has 0 fully saturated rings. The van der Waals surface area contributed by atoms with Crippen LogP contribution in [0.5, 0.6) is 0 Å².